The van der Waals surface area contributed by atoms with Crippen molar-refractivity contribution in [3.8, 4) is 11.6 Å². The van der Waals surface area contributed by atoms with Gasteiger partial charge in [0, 0.05) is 12.1 Å². The number of carbonyl (C=O) groups excluding carboxylic acids is 3. The summed E-state index contributed by atoms with van der Waals surface area (Å²) in [5, 5.41) is 10.1. The zero-order chi connectivity index (χ0) is 23.3. The second-order valence-electron chi connectivity index (χ2n) is 6.76. The lowest BCUT2D eigenvalue weighted by Gasteiger charge is -2.14. The molecular weight excluding hydrogens is 438 g/mol. The average Bonchev–Trinajstić information content (AvgIpc) is 3.02. The van der Waals surface area contributed by atoms with Crippen LogP contribution in [0.5, 0.6) is 11.6 Å². The van der Waals surface area contributed by atoms with E-state index in [1.807, 2.05) is 6.92 Å². The topological polar surface area (TPSA) is 129 Å². The van der Waals surface area contributed by atoms with Gasteiger partial charge in [0.05, 0.1) is 15.9 Å². The second-order valence-corrected chi connectivity index (χ2v) is 7.75. The number of rotatable bonds is 8. The van der Waals surface area contributed by atoms with Gasteiger partial charge in [0.25, 0.3) is 16.8 Å². The normalized spacial score (nSPS) is 15.7. The molecule has 10 nitrogen and oxygen atoms in total. The van der Waals surface area contributed by atoms with Crippen LogP contribution >= 0.6 is 11.8 Å². The van der Waals surface area contributed by atoms with Crippen LogP contribution in [0.4, 0.5) is 10.5 Å². The number of carbonyl (C=O) groups is 3. The standard InChI is InChI=1S/C21H19N3O7S/c1-3-13(2)30-19(25)12-23-20(26)17(32-21(23)27)10-14-4-7-16(8-5-14)31-18-9-6-15(11-22-18)24(28)29/h4-11,13H,3,12H2,1-2H3/b17-10-/t13-/m1/s1. The summed E-state index contributed by atoms with van der Waals surface area (Å²) < 4.78 is 10.7. The maximum atomic E-state index is 12.5. The minimum Gasteiger partial charge on any atom is -0.461 e. The lowest BCUT2D eigenvalue weighted by molar-refractivity contribution is -0.385. The predicted octanol–water partition coefficient (Wildman–Crippen LogP) is 4.16. The first-order chi connectivity index (χ1) is 15.3. The van der Waals surface area contributed by atoms with Crippen LogP contribution in [0.3, 0.4) is 0 Å². The van der Waals surface area contributed by atoms with Crippen molar-refractivity contribution in [1.29, 1.82) is 0 Å². The van der Waals surface area contributed by atoms with Gasteiger partial charge in [-0.05, 0) is 48.9 Å². The van der Waals surface area contributed by atoms with Gasteiger partial charge in [-0.25, -0.2) is 4.98 Å². The number of aromatic nitrogens is 1. The number of nitrogens with zero attached hydrogens (tertiary/aromatic N) is 3. The van der Waals surface area contributed by atoms with E-state index in [0.717, 1.165) is 22.9 Å². The zero-order valence-electron chi connectivity index (χ0n) is 17.2. The summed E-state index contributed by atoms with van der Waals surface area (Å²) in [7, 11) is 0. The smallest absolute Gasteiger partial charge is 0.326 e. The third-order valence-corrected chi connectivity index (χ3v) is 5.31. The Morgan fingerprint density at radius 3 is 2.56 bits per heavy atom. The predicted molar refractivity (Wildman–Crippen MR) is 116 cm³/mol. The molecule has 1 saturated heterocycles. The molecule has 3 rings (SSSR count). The lowest BCUT2D eigenvalue weighted by atomic mass is 10.2. The molecule has 166 valence electrons. The summed E-state index contributed by atoms with van der Waals surface area (Å²) in [6, 6.07) is 9.27. The third kappa shape index (κ3) is 5.70. The van der Waals surface area contributed by atoms with Gasteiger partial charge in [-0.2, -0.15) is 0 Å². The van der Waals surface area contributed by atoms with E-state index in [1.54, 1.807) is 37.3 Å². The van der Waals surface area contributed by atoms with E-state index >= 15 is 0 Å². The largest absolute Gasteiger partial charge is 0.461 e. The molecule has 32 heavy (non-hydrogen) atoms. The van der Waals surface area contributed by atoms with Crippen molar-refractivity contribution >= 4 is 40.6 Å². The molecule has 0 saturated carbocycles. The third-order valence-electron chi connectivity index (χ3n) is 4.40. The van der Waals surface area contributed by atoms with E-state index in [2.05, 4.69) is 4.98 Å². The van der Waals surface area contributed by atoms with Gasteiger partial charge in [0.1, 0.15) is 18.5 Å². The molecule has 0 N–H and O–H groups in total. The summed E-state index contributed by atoms with van der Waals surface area (Å²) >= 11 is 0.748. The van der Waals surface area contributed by atoms with Crippen molar-refractivity contribution in [3.63, 3.8) is 0 Å². The maximum Gasteiger partial charge on any atom is 0.326 e. The van der Waals surface area contributed by atoms with E-state index in [0.29, 0.717) is 17.7 Å². The van der Waals surface area contributed by atoms with E-state index in [1.165, 1.54) is 12.1 Å². The van der Waals surface area contributed by atoms with Crippen LogP contribution < -0.4 is 4.74 Å². The quantitative estimate of drug-likeness (QED) is 0.248. The summed E-state index contributed by atoms with van der Waals surface area (Å²) in [4.78, 5) is 51.6. The number of hydrogen-bond donors (Lipinski definition) is 0. The van der Waals surface area contributed by atoms with E-state index in [4.69, 9.17) is 9.47 Å². The Bertz CT molecular complexity index is 1070. The highest BCUT2D eigenvalue weighted by atomic mass is 32.2. The van der Waals surface area contributed by atoms with Crippen LogP contribution in [-0.4, -0.2) is 44.6 Å². The molecule has 1 aliphatic heterocycles. The van der Waals surface area contributed by atoms with Gasteiger partial charge >= 0.3 is 5.97 Å². The van der Waals surface area contributed by atoms with Crippen LogP contribution in [0.15, 0.2) is 47.5 Å². The summed E-state index contributed by atoms with van der Waals surface area (Å²) in [5.41, 5.74) is 0.497. The number of amides is 2. The zero-order valence-corrected chi connectivity index (χ0v) is 18.0. The Morgan fingerprint density at radius 2 is 1.97 bits per heavy atom. The number of benzene rings is 1. The molecule has 0 unspecified atom stereocenters. The van der Waals surface area contributed by atoms with Gasteiger partial charge in [-0.1, -0.05) is 19.1 Å². The number of pyridine rings is 1. The van der Waals surface area contributed by atoms with Crippen LogP contribution in [0.25, 0.3) is 6.08 Å². The average molecular weight is 457 g/mol. The molecule has 2 heterocycles. The van der Waals surface area contributed by atoms with E-state index < -0.39 is 28.6 Å². The molecule has 0 bridgehead atoms. The van der Waals surface area contributed by atoms with Crippen molar-refractivity contribution in [1.82, 2.24) is 9.88 Å². The lowest BCUT2D eigenvalue weighted by Crippen LogP contribution is -2.35. The molecule has 0 radical (unpaired) electrons. The minimum atomic E-state index is -0.635. The molecule has 11 heteroatoms. The SMILES string of the molecule is CC[C@@H](C)OC(=O)CN1C(=O)S/C(=C\c2ccc(Oc3ccc([N+](=O)[O-])cn3)cc2)C1=O. The summed E-state index contributed by atoms with van der Waals surface area (Å²) in [6.45, 7) is 3.16. The van der Waals surface area contributed by atoms with Crippen molar-refractivity contribution < 1.29 is 28.8 Å². The Hall–Kier alpha value is -3.73. The van der Waals surface area contributed by atoms with Crippen LogP contribution in [0.2, 0.25) is 0 Å². The molecule has 2 amide bonds. The fourth-order valence-corrected chi connectivity index (χ4v) is 3.39. The first kappa shape index (κ1) is 22.9. The summed E-state index contributed by atoms with van der Waals surface area (Å²) in [6.07, 6.45) is 2.98. The first-order valence-electron chi connectivity index (χ1n) is 9.60. The fourth-order valence-electron chi connectivity index (χ4n) is 2.56. The fraction of sp³-hybridized carbons (Fsp3) is 0.238. The Kier molecular flexibility index (Phi) is 7.21. The van der Waals surface area contributed by atoms with Crippen molar-refractivity contribution in [2.45, 2.75) is 26.4 Å². The highest BCUT2D eigenvalue weighted by molar-refractivity contribution is 8.18. The summed E-state index contributed by atoms with van der Waals surface area (Å²) in [5.74, 6) is -0.570. The molecule has 2 aromatic rings. The maximum absolute atomic E-state index is 12.5. The molecular formula is C21H19N3O7S. The van der Waals surface area contributed by atoms with Gasteiger partial charge < -0.3 is 9.47 Å². The molecule has 1 aliphatic rings. The minimum absolute atomic E-state index is 0.144. The van der Waals surface area contributed by atoms with Crippen LogP contribution in [0, 0.1) is 10.1 Å². The van der Waals surface area contributed by atoms with Gasteiger partial charge in [0.15, 0.2) is 0 Å². The van der Waals surface area contributed by atoms with Crippen LogP contribution in [0.1, 0.15) is 25.8 Å². The molecule has 1 atom stereocenters. The van der Waals surface area contributed by atoms with Gasteiger partial charge in [-0.15, -0.1) is 0 Å². The Balaban J connectivity index is 1.64. The number of imide groups is 1. The number of nitro groups is 1. The molecule has 1 aromatic heterocycles. The molecule has 1 fully saturated rings. The van der Waals surface area contributed by atoms with Gasteiger partial charge in [-0.3, -0.25) is 29.4 Å². The Morgan fingerprint density at radius 1 is 1.25 bits per heavy atom. The van der Waals surface area contributed by atoms with Gasteiger partial charge in [0.2, 0.25) is 5.88 Å². The number of ether oxygens (including phenoxy) is 2. The Labute approximate surface area is 187 Å². The highest BCUT2D eigenvalue weighted by Crippen LogP contribution is 2.32. The molecule has 0 spiro atoms. The molecule has 0 aliphatic carbocycles. The van der Waals surface area contributed by atoms with E-state index in [9.17, 15) is 24.5 Å². The van der Waals surface area contributed by atoms with Crippen molar-refractivity contribution in [2.75, 3.05) is 6.54 Å². The van der Waals surface area contributed by atoms with E-state index in [-0.39, 0.29) is 22.6 Å². The van der Waals surface area contributed by atoms with Crippen LogP contribution in [-0.2, 0) is 14.3 Å². The second kappa shape index (κ2) is 10.1. The first-order valence-corrected chi connectivity index (χ1v) is 10.4. The number of esters is 1. The monoisotopic (exact) mass is 457 g/mol. The number of thioether (sulfide) groups is 1. The van der Waals surface area contributed by atoms with Crippen molar-refractivity contribution in [3.05, 3.63) is 63.2 Å². The number of hydrogen-bond acceptors (Lipinski definition) is 9. The van der Waals surface area contributed by atoms with Crippen molar-refractivity contribution in [2.24, 2.45) is 0 Å². The highest BCUT2D eigenvalue weighted by Gasteiger charge is 2.36. The molecule has 1 aromatic carbocycles.